The predicted octanol–water partition coefficient (Wildman–Crippen LogP) is 1.76. The van der Waals surface area contributed by atoms with Gasteiger partial charge in [-0.05, 0) is 24.3 Å². The van der Waals surface area contributed by atoms with Crippen LogP contribution in [-0.4, -0.2) is 29.7 Å². The fourth-order valence-electron chi connectivity index (χ4n) is 1.75. The Morgan fingerprint density at radius 2 is 2.00 bits per heavy atom. The van der Waals surface area contributed by atoms with E-state index in [-0.39, 0.29) is 11.8 Å². The Bertz CT molecular complexity index is 804. The highest BCUT2D eigenvalue weighted by Crippen LogP contribution is 2.20. The number of halogens is 1. The molecule has 2 heterocycles. The van der Waals surface area contributed by atoms with E-state index in [9.17, 15) is 4.39 Å². The normalized spacial score (nSPS) is 10.7. The number of hydrogen-bond donors (Lipinski definition) is 2. The molecule has 0 saturated carbocycles. The summed E-state index contributed by atoms with van der Waals surface area (Å²) < 4.78 is 14.7. The van der Waals surface area contributed by atoms with E-state index in [1.807, 2.05) is 7.05 Å². The van der Waals surface area contributed by atoms with Crippen molar-refractivity contribution < 1.29 is 4.39 Å². The van der Waals surface area contributed by atoms with Gasteiger partial charge in [0.25, 0.3) is 0 Å². The van der Waals surface area contributed by atoms with Crippen LogP contribution in [0.4, 0.5) is 22.0 Å². The number of nitrogens with zero attached hydrogens (tertiary/aromatic N) is 6. The third kappa shape index (κ3) is 3.92. The van der Waals surface area contributed by atoms with Crippen molar-refractivity contribution in [1.29, 1.82) is 0 Å². The van der Waals surface area contributed by atoms with Gasteiger partial charge in [-0.2, -0.15) is 15.0 Å². The van der Waals surface area contributed by atoms with Crippen LogP contribution < -0.4 is 11.1 Å². The number of aryl methyl sites for hydroxylation is 1. The van der Waals surface area contributed by atoms with Crippen molar-refractivity contribution in [2.75, 3.05) is 11.1 Å². The number of nitrogens with one attached hydrogen (secondary N) is 1. The monoisotopic (exact) mass is 332 g/mol. The van der Waals surface area contributed by atoms with E-state index in [4.69, 9.17) is 5.73 Å². The van der Waals surface area contributed by atoms with Crippen molar-refractivity contribution in [2.24, 2.45) is 7.05 Å². The molecule has 0 spiro atoms. The summed E-state index contributed by atoms with van der Waals surface area (Å²) in [7, 11) is 1.85. The summed E-state index contributed by atoms with van der Waals surface area (Å²) in [6.45, 7) is 0. The molecule has 0 aliphatic rings. The average molecular weight is 332 g/mol. The molecule has 0 saturated heterocycles. The third-order valence-corrected chi connectivity index (χ3v) is 3.83. The van der Waals surface area contributed by atoms with E-state index in [0.717, 1.165) is 5.16 Å². The Kier molecular flexibility index (Phi) is 4.33. The van der Waals surface area contributed by atoms with Crippen molar-refractivity contribution in [3.63, 3.8) is 0 Å². The molecule has 118 valence electrons. The van der Waals surface area contributed by atoms with Gasteiger partial charge >= 0.3 is 0 Å². The van der Waals surface area contributed by atoms with E-state index in [1.54, 1.807) is 23.0 Å². The highest BCUT2D eigenvalue weighted by molar-refractivity contribution is 7.98. The highest BCUT2D eigenvalue weighted by atomic mass is 32.2. The zero-order chi connectivity index (χ0) is 16.2. The fourth-order valence-corrected chi connectivity index (χ4v) is 2.50. The Morgan fingerprint density at radius 3 is 2.70 bits per heavy atom. The lowest BCUT2D eigenvalue weighted by molar-refractivity contribution is 0.628. The molecule has 8 nitrogen and oxygen atoms in total. The van der Waals surface area contributed by atoms with Crippen LogP contribution in [0.3, 0.4) is 0 Å². The maximum absolute atomic E-state index is 12.9. The number of aromatic nitrogens is 6. The molecule has 3 rings (SSSR count). The first kappa shape index (κ1) is 15.2. The van der Waals surface area contributed by atoms with Crippen LogP contribution in [0.15, 0.2) is 35.7 Å². The zero-order valence-corrected chi connectivity index (χ0v) is 13.0. The summed E-state index contributed by atoms with van der Waals surface area (Å²) in [5, 5.41) is 11.5. The van der Waals surface area contributed by atoms with Crippen LogP contribution in [0.5, 0.6) is 0 Å². The summed E-state index contributed by atoms with van der Waals surface area (Å²) in [6, 6.07) is 5.86. The minimum atomic E-state index is -0.313. The van der Waals surface area contributed by atoms with Crippen LogP contribution in [0.2, 0.25) is 0 Å². The van der Waals surface area contributed by atoms with Gasteiger partial charge in [0.05, 0.1) is 5.75 Å². The first-order valence-corrected chi connectivity index (χ1v) is 7.58. The Hall–Kier alpha value is -2.75. The van der Waals surface area contributed by atoms with Gasteiger partial charge in [-0.3, -0.25) is 0 Å². The summed E-state index contributed by atoms with van der Waals surface area (Å²) in [5.74, 6) is 1.08. The van der Waals surface area contributed by atoms with Gasteiger partial charge in [0.2, 0.25) is 11.9 Å². The molecule has 0 aliphatic carbocycles. The SMILES string of the molecule is Cn1cnnc1SCc1nc(N)nc(Nc2ccc(F)cc2)n1. The Labute approximate surface area is 135 Å². The van der Waals surface area contributed by atoms with Crippen molar-refractivity contribution in [2.45, 2.75) is 10.9 Å². The smallest absolute Gasteiger partial charge is 0.232 e. The van der Waals surface area contributed by atoms with Crippen LogP contribution in [-0.2, 0) is 12.8 Å². The molecule has 0 atom stereocenters. The first-order chi connectivity index (χ1) is 11.1. The Morgan fingerprint density at radius 1 is 1.22 bits per heavy atom. The van der Waals surface area contributed by atoms with Crippen LogP contribution in [0.1, 0.15) is 5.82 Å². The number of hydrogen-bond acceptors (Lipinski definition) is 8. The van der Waals surface area contributed by atoms with Crippen LogP contribution >= 0.6 is 11.8 Å². The molecule has 0 unspecified atom stereocenters. The molecule has 0 aliphatic heterocycles. The molecule has 0 bridgehead atoms. The summed E-state index contributed by atoms with van der Waals surface area (Å²) in [4.78, 5) is 12.4. The molecule has 3 aromatic rings. The quantitative estimate of drug-likeness (QED) is 0.681. The molecule has 0 fully saturated rings. The summed E-state index contributed by atoms with van der Waals surface area (Å²) in [6.07, 6.45) is 1.62. The van der Waals surface area contributed by atoms with Gasteiger partial charge in [0.1, 0.15) is 18.0 Å². The van der Waals surface area contributed by atoms with Gasteiger partial charge in [0.15, 0.2) is 5.16 Å². The topological polar surface area (TPSA) is 107 Å². The van der Waals surface area contributed by atoms with E-state index < -0.39 is 0 Å². The molecule has 0 radical (unpaired) electrons. The van der Waals surface area contributed by atoms with Gasteiger partial charge in [-0.25, -0.2) is 4.39 Å². The largest absolute Gasteiger partial charge is 0.368 e. The predicted molar refractivity (Wildman–Crippen MR) is 84.5 cm³/mol. The number of benzene rings is 1. The molecular formula is C13H13FN8S. The van der Waals surface area contributed by atoms with Gasteiger partial charge in [0, 0.05) is 12.7 Å². The van der Waals surface area contributed by atoms with Crippen molar-refractivity contribution in [3.05, 3.63) is 42.2 Å². The second kappa shape index (κ2) is 6.57. The number of anilines is 3. The standard InChI is InChI=1S/C13H13FN8S/c1-22-7-16-21-13(22)23-6-10-18-11(15)20-12(19-10)17-9-4-2-8(14)3-5-9/h2-5,7H,6H2,1H3,(H3,15,17,18,19,20). The molecule has 1 aromatic carbocycles. The van der Waals surface area contributed by atoms with E-state index in [2.05, 4.69) is 30.5 Å². The number of nitrogen functional groups attached to an aromatic ring is 1. The second-order valence-electron chi connectivity index (χ2n) is 4.58. The zero-order valence-electron chi connectivity index (χ0n) is 12.1. The van der Waals surface area contributed by atoms with Gasteiger partial charge in [-0.15, -0.1) is 10.2 Å². The second-order valence-corrected chi connectivity index (χ2v) is 5.52. The van der Waals surface area contributed by atoms with E-state index in [1.165, 1.54) is 23.9 Å². The maximum atomic E-state index is 12.9. The number of thioether (sulfide) groups is 1. The third-order valence-electron chi connectivity index (χ3n) is 2.80. The average Bonchev–Trinajstić information content (AvgIpc) is 2.92. The van der Waals surface area contributed by atoms with Gasteiger partial charge < -0.3 is 15.6 Å². The maximum Gasteiger partial charge on any atom is 0.232 e. The fraction of sp³-hybridized carbons (Fsp3) is 0.154. The lowest BCUT2D eigenvalue weighted by atomic mass is 10.3. The number of nitrogens with two attached hydrogens (primary N) is 1. The van der Waals surface area contributed by atoms with Crippen molar-refractivity contribution >= 4 is 29.3 Å². The molecular weight excluding hydrogens is 319 g/mol. The molecule has 2 aromatic heterocycles. The summed E-state index contributed by atoms with van der Waals surface area (Å²) >= 11 is 1.44. The first-order valence-electron chi connectivity index (χ1n) is 6.60. The minimum Gasteiger partial charge on any atom is -0.368 e. The van der Waals surface area contributed by atoms with Crippen molar-refractivity contribution in [3.8, 4) is 0 Å². The Balaban J connectivity index is 1.73. The van der Waals surface area contributed by atoms with Gasteiger partial charge in [-0.1, -0.05) is 11.8 Å². The minimum absolute atomic E-state index is 0.109. The lowest BCUT2D eigenvalue weighted by Crippen LogP contribution is -2.06. The molecule has 0 amide bonds. The lowest BCUT2D eigenvalue weighted by Gasteiger charge is -2.07. The van der Waals surface area contributed by atoms with Crippen LogP contribution in [0.25, 0.3) is 0 Å². The highest BCUT2D eigenvalue weighted by Gasteiger charge is 2.08. The van der Waals surface area contributed by atoms with Crippen molar-refractivity contribution in [1.82, 2.24) is 29.7 Å². The molecule has 3 N–H and O–H groups in total. The van der Waals surface area contributed by atoms with E-state index >= 15 is 0 Å². The van der Waals surface area contributed by atoms with Crippen LogP contribution in [0, 0.1) is 5.82 Å². The molecule has 23 heavy (non-hydrogen) atoms. The number of rotatable bonds is 5. The molecule has 10 heteroatoms. The van der Waals surface area contributed by atoms with E-state index in [0.29, 0.717) is 23.2 Å². The summed E-state index contributed by atoms with van der Waals surface area (Å²) in [5.41, 5.74) is 6.37.